The Hall–Kier alpha value is -2.67. The zero-order valence-electron chi connectivity index (χ0n) is 15.4. The van der Waals surface area contributed by atoms with Gasteiger partial charge in [-0.1, -0.05) is 0 Å². The predicted molar refractivity (Wildman–Crippen MR) is 97.2 cm³/mol. The third-order valence-electron chi connectivity index (χ3n) is 4.89. The number of amides is 1. The molecule has 27 heavy (non-hydrogen) atoms. The number of halogens is 2. The Labute approximate surface area is 156 Å². The molecule has 2 aromatic carbocycles. The number of anilines is 1. The molecule has 1 fully saturated rings. The highest BCUT2D eigenvalue weighted by atomic mass is 19.2. The predicted octanol–water partition coefficient (Wildman–Crippen LogP) is 2.34. The van der Waals surface area contributed by atoms with E-state index in [1.807, 2.05) is 18.2 Å². The fourth-order valence-corrected chi connectivity index (χ4v) is 3.60. The molecule has 0 radical (unpaired) electrons. The van der Waals surface area contributed by atoms with Gasteiger partial charge >= 0.3 is 0 Å². The molecule has 1 heterocycles. The van der Waals surface area contributed by atoms with Crippen molar-refractivity contribution in [2.24, 2.45) is 0 Å². The second-order valence-corrected chi connectivity index (χ2v) is 6.56. The second-order valence-electron chi connectivity index (χ2n) is 6.56. The Balaban J connectivity index is 1.73. The molecule has 2 N–H and O–H groups in total. The van der Waals surface area contributed by atoms with Crippen LogP contribution in [0.5, 0.6) is 11.5 Å². The largest absolute Gasteiger partial charge is 0.497 e. The number of carbonyl (C=O) groups excluding carboxylic acids is 1. The van der Waals surface area contributed by atoms with Crippen LogP contribution in [0.1, 0.15) is 24.4 Å². The molecular weight excluding hydrogens is 354 g/mol. The van der Waals surface area contributed by atoms with E-state index in [-0.39, 0.29) is 24.2 Å². The number of methoxy groups -OCH3 is 2. The van der Waals surface area contributed by atoms with Crippen LogP contribution < -0.4 is 19.7 Å². The van der Waals surface area contributed by atoms with Gasteiger partial charge in [0, 0.05) is 24.6 Å². The van der Waals surface area contributed by atoms with E-state index >= 15 is 0 Å². The first-order valence-corrected chi connectivity index (χ1v) is 8.83. The standard InChI is InChI=1S/C20H22F2N2O3/c1-26-14-6-8-19(27-2)15(11-14)18-4-3-9-24(18)12-20(25)23-13-5-7-16(21)17(22)10-13/h5-8,10-11,18H,3-4,9,12H2,1-2H3,(H,23,25)/p+1/t18-/m0/s1. The molecule has 2 aromatic rings. The van der Waals surface area contributed by atoms with Crippen LogP contribution in [0.3, 0.4) is 0 Å². The summed E-state index contributed by atoms with van der Waals surface area (Å²) in [5.74, 6) is -0.669. The van der Waals surface area contributed by atoms with Crippen LogP contribution in [0.25, 0.3) is 0 Å². The van der Waals surface area contributed by atoms with Crippen LogP contribution in [0.4, 0.5) is 14.5 Å². The smallest absolute Gasteiger partial charge is 0.279 e. The summed E-state index contributed by atoms with van der Waals surface area (Å²) in [5, 5.41) is 2.64. The Kier molecular flexibility index (Phi) is 5.91. The molecule has 2 atom stereocenters. The average molecular weight is 377 g/mol. The molecule has 1 aliphatic heterocycles. The summed E-state index contributed by atoms with van der Waals surface area (Å²) in [7, 11) is 3.23. The van der Waals surface area contributed by atoms with E-state index in [0.717, 1.165) is 53.5 Å². The van der Waals surface area contributed by atoms with Crippen LogP contribution in [0, 0.1) is 11.6 Å². The maximum atomic E-state index is 13.3. The number of nitrogens with one attached hydrogen (secondary N) is 2. The second kappa shape index (κ2) is 8.35. The number of benzene rings is 2. The molecule has 0 aromatic heterocycles. The minimum atomic E-state index is -0.986. The van der Waals surface area contributed by atoms with Crippen molar-refractivity contribution in [3.8, 4) is 11.5 Å². The van der Waals surface area contributed by atoms with Crippen molar-refractivity contribution in [1.29, 1.82) is 0 Å². The first kappa shape index (κ1) is 19.1. The lowest BCUT2D eigenvalue weighted by atomic mass is 10.0. The number of carbonyl (C=O) groups is 1. The van der Waals surface area contributed by atoms with E-state index in [2.05, 4.69) is 5.32 Å². The van der Waals surface area contributed by atoms with Crippen LogP contribution >= 0.6 is 0 Å². The fraction of sp³-hybridized carbons (Fsp3) is 0.350. The zero-order chi connectivity index (χ0) is 19.4. The number of rotatable bonds is 6. The van der Waals surface area contributed by atoms with Crippen molar-refractivity contribution >= 4 is 11.6 Å². The maximum Gasteiger partial charge on any atom is 0.279 e. The Morgan fingerprint density at radius 2 is 1.96 bits per heavy atom. The molecule has 144 valence electrons. The first-order chi connectivity index (χ1) is 13.0. The summed E-state index contributed by atoms with van der Waals surface area (Å²) < 4.78 is 37.1. The summed E-state index contributed by atoms with van der Waals surface area (Å²) in [5.41, 5.74) is 1.25. The van der Waals surface area contributed by atoms with Gasteiger partial charge in [0.25, 0.3) is 5.91 Å². The van der Waals surface area contributed by atoms with Gasteiger partial charge in [-0.25, -0.2) is 8.78 Å². The van der Waals surface area contributed by atoms with Crippen molar-refractivity contribution < 1.29 is 27.9 Å². The molecule has 1 saturated heterocycles. The molecule has 0 spiro atoms. The normalized spacial score (nSPS) is 19.0. The first-order valence-electron chi connectivity index (χ1n) is 8.83. The van der Waals surface area contributed by atoms with Gasteiger partial charge in [-0.3, -0.25) is 4.79 Å². The van der Waals surface area contributed by atoms with E-state index in [4.69, 9.17) is 9.47 Å². The average Bonchev–Trinajstić information content (AvgIpc) is 3.11. The molecule has 0 bridgehead atoms. The molecule has 7 heteroatoms. The summed E-state index contributed by atoms with van der Waals surface area (Å²) in [6.07, 6.45) is 1.91. The van der Waals surface area contributed by atoms with Crippen molar-refractivity contribution in [3.05, 3.63) is 53.6 Å². The molecule has 0 aliphatic carbocycles. The molecule has 3 rings (SSSR count). The lowest BCUT2D eigenvalue weighted by molar-refractivity contribution is -0.910. The molecule has 1 amide bonds. The van der Waals surface area contributed by atoms with Crippen molar-refractivity contribution in [3.63, 3.8) is 0 Å². The van der Waals surface area contributed by atoms with Gasteiger partial charge in [-0.05, 0) is 30.3 Å². The topological polar surface area (TPSA) is 52.0 Å². The monoisotopic (exact) mass is 377 g/mol. The Bertz CT molecular complexity index is 829. The quantitative estimate of drug-likeness (QED) is 0.813. The van der Waals surface area contributed by atoms with Gasteiger partial charge in [0.05, 0.1) is 26.3 Å². The maximum absolute atomic E-state index is 13.3. The number of quaternary nitrogens is 1. The number of hydrogen-bond acceptors (Lipinski definition) is 3. The Morgan fingerprint density at radius 1 is 1.15 bits per heavy atom. The van der Waals surface area contributed by atoms with E-state index in [1.54, 1.807) is 14.2 Å². The number of hydrogen-bond donors (Lipinski definition) is 2. The zero-order valence-corrected chi connectivity index (χ0v) is 15.4. The highest BCUT2D eigenvalue weighted by Crippen LogP contribution is 2.31. The summed E-state index contributed by atoms with van der Waals surface area (Å²) in [4.78, 5) is 13.5. The van der Waals surface area contributed by atoms with Gasteiger partial charge in [-0.15, -0.1) is 0 Å². The van der Waals surface area contributed by atoms with Gasteiger partial charge in [0.1, 0.15) is 17.5 Å². The lowest BCUT2D eigenvalue weighted by Crippen LogP contribution is -3.11. The third kappa shape index (κ3) is 4.36. The fourth-order valence-electron chi connectivity index (χ4n) is 3.60. The number of ether oxygens (including phenoxy) is 2. The van der Waals surface area contributed by atoms with Crippen LogP contribution in [0.2, 0.25) is 0 Å². The van der Waals surface area contributed by atoms with Crippen molar-refractivity contribution in [2.75, 3.05) is 32.6 Å². The number of likely N-dealkylation sites (tertiary alicyclic amines) is 1. The molecular formula is C20H23F2N2O3+. The Morgan fingerprint density at radius 3 is 2.67 bits per heavy atom. The summed E-state index contributed by atoms with van der Waals surface area (Å²) in [6, 6.07) is 9.08. The molecule has 5 nitrogen and oxygen atoms in total. The van der Waals surface area contributed by atoms with Gasteiger partial charge in [0.2, 0.25) is 0 Å². The van der Waals surface area contributed by atoms with Crippen LogP contribution in [-0.2, 0) is 4.79 Å². The van der Waals surface area contributed by atoms with E-state index in [0.29, 0.717) is 0 Å². The lowest BCUT2D eigenvalue weighted by Gasteiger charge is -2.23. The van der Waals surface area contributed by atoms with E-state index < -0.39 is 11.6 Å². The van der Waals surface area contributed by atoms with Crippen LogP contribution in [0.15, 0.2) is 36.4 Å². The van der Waals surface area contributed by atoms with Crippen molar-refractivity contribution in [2.45, 2.75) is 18.9 Å². The summed E-state index contributed by atoms with van der Waals surface area (Å²) >= 11 is 0. The van der Waals surface area contributed by atoms with E-state index in [9.17, 15) is 13.6 Å². The minimum Gasteiger partial charge on any atom is -0.497 e. The summed E-state index contributed by atoms with van der Waals surface area (Å²) in [6.45, 7) is 1.07. The highest BCUT2D eigenvalue weighted by Gasteiger charge is 2.34. The SMILES string of the molecule is COc1ccc(OC)c([C@@H]2CCC[NH+]2CC(=O)Nc2ccc(F)c(F)c2)c1. The highest BCUT2D eigenvalue weighted by molar-refractivity contribution is 5.91. The molecule has 0 saturated carbocycles. The van der Waals surface area contributed by atoms with Gasteiger partial charge < -0.3 is 19.7 Å². The molecule has 1 unspecified atom stereocenters. The van der Waals surface area contributed by atoms with Crippen LogP contribution in [-0.4, -0.2) is 33.2 Å². The minimum absolute atomic E-state index is 0.103. The van der Waals surface area contributed by atoms with Crippen molar-refractivity contribution in [1.82, 2.24) is 0 Å². The molecule has 1 aliphatic rings. The van der Waals surface area contributed by atoms with Gasteiger partial charge in [-0.2, -0.15) is 0 Å². The van der Waals surface area contributed by atoms with E-state index in [1.165, 1.54) is 6.07 Å². The van der Waals surface area contributed by atoms with Gasteiger partial charge in [0.15, 0.2) is 18.2 Å². The third-order valence-corrected chi connectivity index (χ3v) is 4.89.